The first kappa shape index (κ1) is 23.2. The molecule has 1 aliphatic rings. The smallest absolute Gasteiger partial charge is 0.378 e. The van der Waals surface area contributed by atoms with Crippen LogP contribution in [0, 0.1) is 0 Å². The molecule has 4 nitrogen and oxygen atoms in total. The summed E-state index contributed by atoms with van der Waals surface area (Å²) < 4.78 is 110. The van der Waals surface area contributed by atoms with Gasteiger partial charge >= 0.3 is 30.1 Å². The summed E-state index contributed by atoms with van der Waals surface area (Å²) in [5, 5.41) is 0. The fraction of sp³-hybridized carbons (Fsp3) is 0.733. The molecule has 0 aromatic carbocycles. The molecule has 0 aromatic rings. The average molecular weight is 412 g/mol. The van der Waals surface area contributed by atoms with E-state index in [4.69, 9.17) is 4.74 Å². The van der Waals surface area contributed by atoms with Gasteiger partial charge in [0.15, 0.2) is 0 Å². The number of halogens is 8. The second kappa shape index (κ2) is 9.36. The van der Waals surface area contributed by atoms with E-state index in [1.54, 1.807) is 0 Å². The lowest BCUT2D eigenvalue weighted by Crippen LogP contribution is -2.56. The Hall–Kier alpha value is -1.88. The third kappa shape index (κ3) is 6.06. The molecule has 2 atom stereocenters. The summed E-state index contributed by atoms with van der Waals surface area (Å²) in [7, 11) is 0. The van der Waals surface area contributed by atoms with Crippen LogP contribution in [0.15, 0.2) is 12.2 Å². The zero-order valence-electron chi connectivity index (χ0n) is 13.7. The zero-order chi connectivity index (χ0) is 20.8. The molecule has 27 heavy (non-hydrogen) atoms. The quantitative estimate of drug-likeness (QED) is 0.342. The highest BCUT2D eigenvalue weighted by Crippen LogP contribution is 2.44. The van der Waals surface area contributed by atoms with E-state index in [2.05, 4.69) is 4.74 Å². The molecule has 156 valence electrons. The standard InChI is InChI=1S/C15H16F8O4/c16-11(12(17)18)14(20,21)15(22,23)13(19)27-10(25)7-6-9(24)26-8-4-2-1-3-5-8/h6-8,11-13H,1-5H2. The summed E-state index contributed by atoms with van der Waals surface area (Å²) in [6, 6.07) is 0. The van der Waals surface area contributed by atoms with Gasteiger partial charge in [0.1, 0.15) is 6.10 Å². The van der Waals surface area contributed by atoms with Crippen molar-refractivity contribution in [1.82, 2.24) is 0 Å². The van der Waals surface area contributed by atoms with Gasteiger partial charge in [-0.1, -0.05) is 6.42 Å². The number of hydrogen-bond donors (Lipinski definition) is 0. The molecule has 1 rings (SSSR count). The predicted octanol–water partition coefficient (Wildman–Crippen LogP) is 4.13. The maximum absolute atomic E-state index is 13.2. The SMILES string of the molecule is O=C(C=CC(=O)OC(F)C(F)(F)C(F)(F)C(F)C(F)F)OC1CCCCC1. The summed E-state index contributed by atoms with van der Waals surface area (Å²) >= 11 is 0. The zero-order valence-corrected chi connectivity index (χ0v) is 13.7. The van der Waals surface area contributed by atoms with E-state index in [0.29, 0.717) is 18.9 Å². The van der Waals surface area contributed by atoms with Crippen molar-refractivity contribution in [2.75, 3.05) is 0 Å². The van der Waals surface area contributed by atoms with Crippen LogP contribution >= 0.6 is 0 Å². The summed E-state index contributed by atoms with van der Waals surface area (Å²) in [6.07, 6.45) is -9.81. The van der Waals surface area contributed by atoms with Gasteiger partial charge < -0.3 is 9.47 Å². The fourth-order valence-electron chi connectivity index (χ4n) is 2.23. The molecule has 1 saturated carbocycles. The van der Waals surface area contributed by atoms with Gasteiger partial charge in [-0.3, -0.25) is 0 Å². The third-order valence-corrected chi connectivity index (χ3v) is 3.71. The van der Waals surface area contributed by atoms with E-state index in [1.165, 1.54) is 0 Å². The second-order valence-electron chi connectivity index (χ2n) is 5.77. The number of alkyl halides is 8. The van der Waals surface area contributed by atoms with Crippen LogP contribution < -0.4 is 0 Å². The van der Waals surface area contributed by atoms with Gasteiger partial charge in [0, 0.05) is 12.2 Å². The maximum Gasteiger partial charge on any atom is 0.378 e. The van der Waals surface area contributed by atoms with Crippen LogP contribution in [-0.4, -0.2) is 48.8 Å². The summed E-state index contributed by atoms with van der Waals surface area (Å²) in [5.74, 6) is -15.3. The van der Waals surface area contributed by atoms with Crippen LogP contribution in [0.2, 0.25) is 0 Å². The van der Waals surface area contributed by atoms with Crippen molar-refractivity contribution in [1.29, 1.82) is 0 Å². The number of hydrogen-bond acceptors (Lipinski definition) is 4. The lowest BCUT2D eigenvalue weighted by Gasteiger charge is -2.30. The molecule has 1 aliphatic carbocycles. The Labute approximate surface area is 148 Å². The molecule has 0 heterocycles. The first-order valence-corrected chi connectivity index (χ1v) is 7.80. The summed E-state index contributed by atoms with van der Waals surface area (Å²) in [6.45, 7) is 0. The Balaban J connectivity index is 2.62. The van der Waals surface area contributed by atoms with Crippen molar-refractivity contribution in [2.45, 2.75) is 69.0 Å². The van der Waals surface area contributed by atoms with Gasteiger partial charge in [-0.2, -0.15) is 22.0 Å². The highest BCUT2D eigenvalue weighted by atomic mass is 19.3. The molecular formula is C15H16F8O4. The minimum absolute atomic E-state index is 0.131. The molecule has 0 aromatic heterocycles. The first-order valence-electron chi connectivity index (χ1n) is 7.80. The number of rotatable bonds is 8. The topological polar surface area (TPSA) is 52.6 Å². The van der Waals surface area contributed by atoms with Gasteiger partial charge in [-0.15, -0.1) is 0 Å². The van der Waals surface area contributed by atoms with E-state index in [9.17, 15) is 44.7 Å². The normalized spacial score (nSPS) is 19.1. The molecule has 0 amide bonds. The third-order valence-electron chi connectivity index (χ3n) is 3.71. The number of ether oxygens (including phenoxy) is 2. The minimum Gasteiger partial charge on any atom is -0.459 e. The Morgan fingerprint density at radius 2 is 1.37 bits per heavy atom. The summed E-state index contributed by atoms with van der Waals surface area (Å²) in [4.78, 5) is 22.6. The highest BCUT2D eigenvalue weighted by Gasteiger charge is 2.70. The lowest BCUT2D eigenvalue weighted by molar-refractivity contribution is -0.312. The predicted molar refractivity (Wildman–Crippen MR) is 73.9 cm³/mol. The van der Waals surface area contributed by atoms with Crippen LogP contribution in [0.1, 0.15) is 32.1 Å². The molecule has 0 aliphatic heterocycles. The molecule has 12 heteroatoms. The molecular weight excluding hydrogens is 396 g/mol. The van der Waals surface area contributed by atoms with Gasteiger partial charge in [-0.05, 0) is 25.7 Å². The summed E-state index contributed by atoms with van der Waals surface area (Å²) in [5.41, 5.74) is 0. The van der Waals surface area contributed by atoms with Crippen LogP contribution in [0.4, 0.5) is 35.1 Å². The van der Waals surface area contributed by atoms with Crippen molar-refractivity contribution >= 4 is 11.9 Å². The Bertz CT molecular complexity index is 546. The van der Waals surface area contributed by atoms with Crippen molar-refractivity contribution < 1.29 is 54.2 Å². The second-order valence-corrected chi connectivity index (χ2v) is 5.77. The molecule has 0 N–H and O–H groups in total. The van der Waals surface area contributed by atoms with Crippen molar-refractivity contribution in [2.24, 2.45) is 0 Å². The lowest BCUT2D eigenvalue weighted by atomic mass is 9.98. The van der Waals surface area contributed by atoms with E-state index < -0.39 is 48.8 Å². The Kier molecular flexibility index (Phi) is 8.03. The van der Waals surface area contributed by atoms with Crippen molar-refractivity contribution in [3.05, 3.63) is 12.2 Å². The molecule has 1 fully saturated rings. The van der Waals surface area contributed by atoms with Gasteiger partial charge in [0.25, 0.3) is 6.43 Å². The maximum atomic E-state index is 13.2. The van der Waals surface area contributed by atoms with Gasteiger partial charge in [0.05, 0.1) is 0 Å². The highest BCUT2D eigenvalue weighted by molar-refractivity contribution is 5.91. The molecule has 0 radical (unpaired) electrons. The largest absolute Gasteiger partial charge is 0.459 e. The van der Waals surface area contributed by atoms with E-state index in [1.807, 2.05) is 0 Å². The minimum atomic E-state index is -6.15. The Morgan fingerprint density at radius 1 is 0.852 bits per heavy atom. The van der Waals surface area contributed by atoms with Crippen LogP contribution in [0.25, 0.3) is 0 Å². The average Bonchev–Trinajstić information content (AvgIpc) is 2.59. The van der Waals surface area contributed by atoms with E-state index >= 15 is 0 Å². The van der Waals surface area contributed by atoms with Crippen LogP contribution in [0.3, 0.4) is 0 Å². The molecule has 0 saturated heterocycles. The van der Waals surface area contributed by atoms with Crippen LogP contribution in [0.5, 0.6) is 0 Å². The Morgan fingerprint density at radius 3 is 1.89 bits per heavy atom. The monoisotopic (exact) mass is 412 g/mol. The number of carbonyl (C=O) groups is 2. The van der Waals surface area contributed by atoms with Gasteiger partial charge in [-0.25, -0.2) is 22.8 Å². The number of esters is 2. The molecule has 0 bridgehead atoms. The molecule has 0 spiro atoms. The van der Waals surface area contributed by atoms with Gasteiger partial charge in [0.2, 0.25) is 6.17 Å². The van der Waals surface area contributed by atoms with Crippen LogP contribution in [-0.2, 0) is 19.1 Å². The van der Waals surface area contributed by atoms with Crippen molar-refractivity contribution in [3.63, 3.8) is 0 Å². The number of carbonyl (C=O) groups excluding carboxylic acids is 2. The fourth-order valence-corrected chi connectivity index (χ4v) is 2.23. The first-order chi connectivity index (χ1) is 12.4. The van der Waals surface area contributed by atoms with E-state index in [0.717, 1.165) is 19.3 Å². The molecule has 2 unspecified atom stereocenters. The van der Waals surface area contributed by atoms with E-state index in [-0.39, 0.29) is 6.08 Å². The van der Waals surface area contributed by atoms with Crippen molar-refractivity contribution in [3.8, 4) is 0 Å².